The number of hydrogen-bond donors (Lipinski definition) is 4. The summed E-state index contributed by atoms with van der Waals surface area (Å²) in [5, 5.41) is 14.3. The first-order valence-electron chi connectivity index (χ1n) is 10.5. The molecule has 13 nitrogen and oxygen atoms in total. The number of aliphatic hydroxyl groups is 1. The van der Waals surface area contributed by atoms with Gasteiger partial charge in [-0.05, 0) is 12.8 Å². The summed E-state index contributed by atoms with van der Waals surface area (Å²) in [5.41, 5.74) is 10.9. The zero-order chi connectivity index (χ0) is 21.9. The number of ether oxygens (including phenoxy) is 1. The van der Waals surface area contributed by atoms with Crippen molar-refractivity contribution in [2.24, 2.45) is 21.5 Å². The first-order chi connectivity index (χ1) is 14.8. The highest BCUT2D eigenvalue weighted by atomic mass is 16.6. The van der Waals surface area contributed by atoms with E-state index in [1.807, 2.05) is 0 Å². The van der Waals surface area contributed by atoms with E-state index in [4.69, 9.17) is 16.2 Å². The number of carbonyl (C=O) groups is 3. The lowest BCUT2D eigenvalue weighted by Gasteiger charge is -2.46. The molecule has 5 heterocycles. The molecule has 0 aliphatic carbocycles. The van der Waals surface area contributed by atoms with Crippen molar-refractivity contribution in [1.82, 2.24) is 20.0 Å². The molecule has 3 fully saturated rings. The van der Waals surface area contributed by atoms with Crippen LogP contribution in [-0.4, -0.2) is 106 Å². The lowest BCUT2D eigenvalue weighted by molar-refractivity contribution is -0.139. The Bertz CT molecular complexity index is 870. The predicted octanol–water partition coefficient (Wildman–Crippen LogP) is -2.91. The molecule has 5 atom stereocenters. The van der Waals surface area contributed by atoms with Gasteiger partial charge in [-0.3, -0.25) is 14.5 Å². The third kappa shape index (κ3) is 2.90. The standard InChI is InChI=1S/C18H26N8O5/c19-15-22-13-9(7-25-11(27)3-4-12(25)28)21-16(20)26-8-10(14(29)18(13,26)23-15)31-17(30)24-5-1-2-6-24/h9-10,13-14,29H,1-8H2,(H2,20,21)(H3,19,22,23)/t9-,10-,13?,14+,18?/m0/s1. The fourth-order valence-electron chi connectivity index (χ4n) is 5.24. The van der Waals surface area contributed by atoms with Gasteiger partial charge in [0.2, 0.25) is 11.8 Å². The Kier molecular flexibility index (Phi) is 4.46. The molecule has 1 spiro atoms. The Balaban J connectivity index is 1.41. The second-order valence-corrected chi connectivity index (χ2v) is 8.53. The number of nitrogens with two attached hydrogens (primary N) is 2. The maximum Gasteiger partial charge on any atom is 0.410 e. The summed E-state index contributed by atoms with van der Waals surface area (Å²) in [7, 11) is 0. The Morgan fingerprint density at radius 2 is 1.87 bits per heavy atom. The summed E-state index contributed by atoms with van der Waals surface area (Å²) in [6, 6.07) is -1.43. The van der Waals surface area contributed by atoms with Gasteiger partial charge in [0.1, 0.15) is 12.1 Å². The number of aliphatic hydroxyl groups excluding tert-OH is 1. The molecule has 0 saturated carbocycles. The molecule has 3 saturated heterocycles. The van der Waals surface area contributed by atoms with Crippen LogP contribution in [0.3, 0.4) is 0 Å². The van der Waals surface area contributed by atoms with Crippen molar-refractivity contribution in [3.05, 3.63) is 0 Å². The third-order valence-corrected chi connectivity index (χ3v) is 6.75. The molecule has 168 valence electrons. The number of hydrogen-bond acceptors (Lipinski definition) is 11. The Hall–Kier alpha value is -3.09. The van der Waals surface area contributed by atoms with Crippen molar-refractivity contribution in [1.29, 1.82) is 0 Å². The maximum absolute atomic E-state index is 12.5. The van der Waals surface area contributed by atoms with E-state index >= 15 is 0 Å². The van der Waals surface area contributed by atoms with E-state index in [9.17, 15) is 19.5 Å². The normalized spacial score (nSPS) is 36.9. The zero-order valence-electron chi connectivity index (χ0n) is 16.9. The van der Waals surface area contributed by atoms with Gasteiger partial charge in [-0.2, -0.15) is 0 Å². The molecule has 0 radical (unpaired) electrons. The highest BCUT2D eigenvalue weighted by Gasteiger charge is 2.66. The molecule has 31 heavy (non-hydrogen) atoms. The highest BCUT2D eigenvalue weighted by Crippen LogP contribution is 2.41. The summed E-state index contributed by atoms with van der Waals surface area (Å²) in [4.78, 5) is 50.0. The van der Waals surface area contributed by atoms with Gasteiger partial charge in [0, 0.05) is 25.9 Å². The molecule has 0 aromatic rings. The summed E-state index contributed by atoms with van der Waals surface area (Å²) in [5.74, 6) is -0.379. The fraction of sp³-hybridized carbons (Fsp3) is 0.722. The second-order valence-electron chi connectivity index (χ2n) is 8.53. The topological polar surface area (TPSA) is 179 Å². The fourth-order valence-corrected chi connectivity index (χ4v) is 5.24. The Labute approximate surface area is 178 Å². The van der Waals surface area contributed by atoms with Crippen LogP contribution in [0, 0.1) is 0 Å². The van der Waals surface area contributed by atoms with Crippen LogP contribution in [0.25, 0.3) is 0 Å². The molecule has 5 aliphatic heterocycles. The number of rotatable bonds is 3. The number of nitrogens with zero attached hydrogens (tertiary/aromatic N) is 5. The van der Waals surface area contributed by atoms with Gasteiger partial charge < -0.3 is 36.4 Å². The molecule has 13 heteroatoms. The minimum absolute atomic E-state index is 0.0119. The minimum Gasteiger partial charge on any atom is -0.441 e. The maximum atomic E-state index is 12.5. The van der Waals surface area contributed by atoms with Gasteiger partial charge in [0.15, 0.2) is 23.7 Å². The summed E-state index contributed by atoms with van der Waals surface area (Å²) in [6.45, 7) is 1.34. The van der Waals surface area contributed by atoms with Crippen LogP contribution in [0.5, 0.6) is 0 Å². The van der Waals surface area contributed by atoms with Crippen LogP contribution < -0.4 is 16.8 Å². The largest absolute Gasteiger partial charge is 0.441 e. The van der Waals surface area contributed by atoms with Crippen molar-refractivity contribution in [2.75, 3.05) is 26.2 Å². The molecule has 3 amide bonds. The van der Waals surface area contributed by atoms with E-state index in [-0.39, 0.29) is 49.7 Å². The van der Waals surface area contributed by atoms with E-state index in [0.29, 0.717) is 13.1 Å². The number of nitrogens with one attached hydrogen (secondary N) is 1. The van der Waals surface area contributed by atoms with Crippen LogP contribution in [0.4, 0.5) is 4.79 Å². The quantitative estimate of drug-likeness (QED) is 0.339. The van der Waals surface area contributed by atoms with Gasteiger partial charge in [0.25, 0.3) is 0 Å². The van der Waals surface area contributed by atoms with Crippen molar-refractivity contribution in [3.63, 3.8) is 0 Å². The van der Waals surface area contributed by atoms with Crippen molar-refractivity contribution < 1.29 is 24.2 Å². The van der Waals surface area contributed by atoms with Gasteiger partial charge in [-0.1, -0.05) is 0 Å². The monoisotopic (exact) mass is 434 g/mol. The van der Waals surface area contributed by atoms with Crippen molar-refractivity contribution in [2.45, 2.75) is 55.6 Å². The van der Waals surface area contributed by atoms with Crippen LogP contribution in [0.15, 0.2) is 9.98 Å². The molecule has 0 aromatic carbocycles. The number of amides is 3. The van der Waals surface area contributed by atoms with E-state index in [2.05, 4.69) is 15.3 Å². The summed E-state index contributed by atoms with van der Waals surface area (Å²) in [6.07, 6.45) is -0.423. The SMILES string of the molecule is NC1=NC2[C@H](CN3C(=O)CCC3=O)N=C(N)N3C[C@H](OC(=O)N4CCCC4)[C@@H](O)C23N1. The average Bonchev–Trinajstić information content (AvgIpc) is 3.49. The zero-order valence-corrected chi connectivity index (χ0v) is 16.9. The van der Waals surface area contributed by atoms with Crippen LogP contribution in [-0.2, 0) is 14.3 Å². The lowest BCUT2D eigenvalue weighted by Crippen LogP contribution is -2.73. The van der Waals surface area contributed by atoms with Gasteiger partial charge >= 0.3 is 6.09 Å². The smallest absolute Gasteiger partial charge is 0.410 e. The van der Waals surface area contributed by atoms with Crippen LogP contribution in [0.1, 0.15) is 25.7 Å². The lowest BCUT2D eigenvalue weighted by atomic mass is 9.88. The number of imide groups is 1. The molecule has 6 N–H and O–H groups in total. The van der Waals surface area contributed by atoms with Gasteiger partial charge in [-0.15, -0.1) is 0 Å². The summed E-state index contributed by atoms with van der Waals surface area (Å²) >= 11 is 0. The number of guanidine groups is 2. The van der Waals surface area contributed by atoms with Crippen LogP contribution in [0.2, 0.25) is 0 Å². The third-order valence-electron chi connectivity index (χ3n) is 6.75. The molecule has 5 rings (SSSR count). The van der Waals surface area contributed by atoms with E-state index in [0.717, 1.165) is 17.7 Å². The molecule has 0 aromatic heterocycles. The van der Waals surface area contributed by atoms with Gasteiger partial charge in [0.05, 0.1) is 19.1 Å². The molecule has 5 aliphatic rings. The second kappa shape index (κ2) is 6.97. The predicted molar refractivity (Wildman–Crippen MR) is 106 cm³/mol. The number of likely N-dealkylation sites (tertiary alicyclic amines) is 2. The number of aliphatic imine (C=N–C) groups is 2. The van der Waals surface area contributed by atoms with Gasteiger partial charge in [-0.25, -0.2) is 14.8 Å². The highest BCUT2D eigenvalue weighted by molar-refractivity contribution is 6.02. The van der Waals surface area contributed by atoms with Crippen LogP contribution >= 0.6 is 0 Å². The van der Waals surface area contributed by atoms with E-state index < -0.39 is 36.0 Å². The molecule has 2 unspecified atom stereocenters. The first-order valence-corrected chi connectivity index (χ1v) is 10.5. The molecular weight excluding hydrogens is 408 g/mol. The summed E-state index contributed by atoms with van der Waals surface area (Å²) < 4.78 is 5.62. The average molecular weight is 434 g/mol. The molecular formula is C18H26N8O5. The molecule has 0 bridgehead atoms. The van der Waals surface area contributed by atoms with Crippen molar-refractivity contribution in [3.8, 4) is 0 Å². The first kappa shape index (κ1) is 19.8. The Morgan fingerprint density at radius 1 is 1.19 bits per heavy atom. The van der Waals surface area contributed by atoms with E-state index in [1.165, 1.54) is 0 Å². The minimum atomic E-state index is -1.28. The van der Waals surface area contributed by atoms with Crippen molar-refractivity contribution >= 4 is 29.8 Å². The number of carbonyl (C=O) groups excluding carboxylic acids is 3. The van der Waals surface area contributed by atoms with E-state index in [1.54, 1.807) is 9.80 Å². The Morgan fingerprint density at radius 3 is 2.55 bits per heavy atom.